The molecule has 0 aliphatic rings. The van der Waals surface area contributed by atoms with Crippen LogP contribution in [0.2, 0.25) is 0 Å². The van der Waals surface area contributed by atoms with E-state index < -0.39 is 23.3 Å². The van der Waals surface area contributed by atoms with Crippen molar-refractivity contribution in [3.63, 3.8) is 0 Å². The number of carbonyl (C=O) groups is 3. The van der Waals surface area contributed by atoms with Crippen molar-refractivity contribution in [2.75, 3.05) is 24.0 Å². The van der Waals surface area contributed by atoms with Gasteiger partial charge in [0.15, 0.2) is 0 Å². The predicted molar refractivity (Wildman–Crippen MR) is 217 cm³/mol. The first-order valence-corrected chi connectivity index (χ1v) is 19.4. The Bertz CT molecular complexity index is 2060. The minimum absolute atomic E-state index is 0.167. The SMILES string of the molecule is CCCC(=O)N(c1cnc(C(c2ccccc2)(c2ccccc2)c2ccccc2)[nH]1)c1cccc(C(=O)N[C@@H](CCSC)C(=O)OC)c1-c1ccccc1. The second-order valence-electron chi connectivity index (χ2n) is 12.8. The van der Waals surface area contributed by atoms with Crippen LogP contribution in [0.1, 0.15) is 59.1 Å². The first-order valence-electron chi connectivity index (χ1n) is 18.0. The number of nitrogens with zero attached hydrogens (tertiary/aromatic N) is 2. The van der Waals surface area contributed by atoms with Crippen molar-refractivity contribution >= 4 is 41.1 Å². The molecule has 5 aromatic carbocycles. The summed E-state index contributed by atoms with van der Waals surface area (Å²) in [6.07, 6.45) is 4.90. The van der Waals surface area contributed by atoms with Gasteiger partial charge >= 0.3 is 5.97 Å². The van der Waals surface area contributed by atoms with E-state index in [1.165, 1.54) is 7.11 Å². The number of methoxy groups -OCH3 is 1. The Morgan fingerprint density at radius 2 is 1.35 bits per heavy atom. The highest BCUT2D eigenvalue weighted by molar-refractivity contribution is 7.98. The quantitative estimate of drug-likeness (QED) is 0.0806. The molecule has 2 amide bonds. The molecule has 8 nitrogen and oxygen atoms in total. The highest BCUT2D eigenvalue weighted by atomic mass is 32.2. The molecule has 274 valence electrons. The largest absolute Gasteiger partial charge is 0.467 e. The van der Waals surface area contributed by atoms with Gasteiger partial charge < -0.3 is 15.0 Å². The highest BCUT2D eigenvalue weighted by Crippen LogP contribution is 2.45. The maximum Gasteiger partial charge on any atom is 0.328 e. The van der Waals surface area contributed by atoms with Crippen LogP contribution in [0.4, 0.5) is 11.5 Å². The second kappa shape index (κ2) is 17.7. The fraction of sp³-hybridized carbons (Fsp3) is 0.200. The van der Waals surface area contributed by atoms with Crippen LogP contribution in [0.3, 0.4) is 0 Å². The lowest BCUT2D eigenvalue weighted by atomic mass is 9.69. The molecule has 0 aliphatic carbocycles. The summed E-state index contributed by atoms with van der Waals surface area (Å²) in [6, 6.07) is 44.7. The van der Waals surface area contributed by atoms with E-state index in [-0.39, 0.29) is 12.3 Å². The molecule has 0 radical (unpaired) electrons. The Labute approximate surface area is 321 Å². The smallest absolute Gasteiger partial charge is 0.328 e. The number of carbonyl (C=O) groups excluding carboxylic acids is 3. The number of anilines is 2. The molecule has 1 atom stereocenters. The minimum atomic E-state index is -0.870. The lowest BCUT2D eigenvalue weighted by Gasteiger charge is -2.34. The molecule has 54 heavy (non-hydrogen) atoms. The van der Waals surface area contributed by atoms with Gasteiger partial charge in [-0.1, -0.05) is 134 Å². The van der Waals surface area contributed by atoms with Gasteiger partial charge in [-0.05, 0) is 59.2 Å². The molecule has 0 spiro atoms. The standard InChI is InChI=1S/C45H44N4O4S/c1-4-18-40(50)49(38-28-17-27-36(41(38)32-19-9-5-10-20-32)42(51)47-37(29-30-54-3)43(52)53-2)39-31-46-44(48-39)45(33-21-11-6-12-22-33,34-23-13-7-14-24-34)35-25-15-8-16-26-35/h5-17,19-28,31,37H,4,18,29-30H2,1-3H3,(H,46,48)(H,47,51)/t37-/m0/s1. The van der Waals surface area contributed by atoms with Crippen LogP contribution < -0.4 is 10.2 Å². The van der Waals surface area contributed by atoms with Gasteiger partial charge in [-0.15, -0.1) is 0 Å². The van der Waals surface area contributed by atoms with Gasteiger partial charge in [0.05, 0.1) is 19.0 Å². The Morgan fingerprint density at radius 1 is 0.796 bits per heavy atom. The van der Waals surface area contributed by atoms with Crippen LogP contribution in [-0.2, 0) is 19.7 Å². The number of aromatic nitrogens is 2. The molecule has 0 saturated carbocycles. The number of imidazole rings is 1. The van der Waals surface area contributed by atoms with E-state index in [9.17, 15) is 14.4 Å². The number of hydrogen-bond donors (Lipinski definition) is 2. The Kier molecular flexibility index (Phi) is 12.4. The number of amides is 2. The molecule has 6 aromatic rings. The summed E-state index contributed by atoms with van der Waals surface area (Å²) in [4.78, 5) is 51.7. The fourth-order valence-corrected chi connectivity index (χ4v) is 7.47. The van der Waals surface area contributed by atoms with Crippen LogP contribution in [0.5, 0.6) is 0 Å². The summed E-state index contributed by atoms with van der Waals surface area (Å²) in [5.74, 6) is 0.608. The number of esters is 1. The fourth-order valence-electron chi connectivity index (χ4n) is 7.00. The Hall–Kier alpha value is -5.93. The molecule has 1 heterocycles. The molecule has 0 unspecified atom stereocenters. The first-order chi connectivity index (χ1) is 26.4. The average Bonchev–Trinajstić information content (AvgIpc) is 3.70. The number of nitrogens with one attached hydrogen (secondary N) is 2. The van der Waals surface area contributed by atoms with Gasteiger partial charge in [-0.2, -0.15) is 11.8 Å². The first kappa shape index (κ1) is 37.8. The Balaban J connectivity index is 1.56. The molecule has 0 bridgehead atoms. The van der Waals surface area contributed by atoms with Crippen molar-refractivity contribution in [2.45, 2.75) is 37.6 Å². The van der Waals surface area contributed by atoms with E-state index in [1.54, 1.807) is 35.0 Å². The number of thioether (sulfide) groups is 1. The van der Waals surface area contributed by atoms with Crippen LogP contribution in [0, 0.1) is 0 Å². The normalized spacial score (nSPS) is 11.8. The van der Waals surface area contributed by atoms with Gasteiger partial charge in [-0.25, -0.2) is 9.78 Å². The van der Waals surface area contributed by atoms with Crippen LogP contribution in [0.15, 0.2) is 146 Å². The third kappa shape index (κ3) is 7.72. The van der Waals surface area contributed by atoms with Crippen molar-refractivity contribution in [3.05, 3.63) is 174 Å². The summed E-state index contributed by atoms with van der Waals surface area (Å²) in [7, 11) is 1.31. The van der Waals surface area contributed by atoms with Gasteiger partial charge in [0.25, 0.3) is 5.91 Å². The minimum Gasteiger partial charge on any atom is -0.467 e. The Morgan fingerprint density at radius 3 is 1.87 bits per heavy atom. The van der Waals surface area contributed by atoms with Crippen LogP contribution in [-0.4, -0.2) is 52.9 Å². The average molecular weight is 737 g/mol. The van der Waals surface area contributed by atoms with E-state index in [0.29, 0.717) is 47.1 Å². The number of ether oxygens (including phenoxy) is 1. The number of rotatable bonds is 15. The molecule has 1 aromatic heterocycles. The van der Waals surface area contributed by atoms with Crippen LogP contribution in [0.25, 0.3) is 11.1 Å². The lowest BCUT2D eigenvalue weighted by molar-refractivity contribution is -0.142. The number of H-pyrrole nitrogens is 1. The summed E-state index contributed by atoms with van der Waals surface area (Å²) >= 11 is 1.58. The monoisotopic (exact) mass is 736 g/mol. The molecule has 9 heteroatoms. The van der Waals surface area contributed by atoms with Crippen molar-refractivity contribution in [1.29, 1.82) is 0 Å². The second-order valence-corrected chi connectivity index (χ2v) is 13.8. The van der Waals surface area contributed by atoms with Gasteiger partial charge in [-0.3, -0.25) is 14.5 Å². The molecular formula is C45H44N4O4S. The van der Waals surface area contributed by atoms with Crippen molar-refractivity contribution in [2.24, 2.45) is 0 Å². The maximum absolute atomic E-state index is 14.4. The molecule has 2 N–H and O–H groups in total. The summed E-state index contributed by atoms with van der Waals surface area (Å²) in [5.41, 5.74) is 4.23. The zero-order valence-corrected chi connectivity index (χ0v) is 31.5. The highest BCUT2D eigenvalue weighted by Gasteiger charge is 2.41. The lowest BCUT2D eigenvalue weighted by Crippen LogP contribution is -2.42. The van der Waals surface area contributed by atoms with Crippen molar-refractivity contribution in [3.8, 4) is 11.1 Å². The number of hydrogen-bond acceptors (Lipinski definition) is 6. The summed E-state index contributed by atoms with van der Waals surface area (Å²) < 4.78 is 5.04. The van der Waals surface area contributed by atoms with E-state index in [1.807, 2.05) is 104 Å². The van der Waals surface area contributed by atoms with Crippen molar-refractivity contribution < 1.29 is 19.1 Å². The van der Waals surface area contributed by atoms with E-state index in [4.69, 9.17) is 9.72 Å². The summed E-state index contributed by atoms with van der Waals surface area (Å²) in [6.45, 7) is 1.96. The van der Waals surface area contributed by atoms with E-state index in [2.05, 4.69) is 46.7 Å². The van der Waals surface area contributed by atoms with E-state index >= 15 is 0 Å². The van der Waals surface area contributed by atoms with Crippen molar-refractivity contribution in [1.82, 2.24) is 15.3 Å². The third-order valence-corrected chi connectivity index (χ3v) is 10.1. The number of benzene rings is 5. The zero-order valence-electron chi connectivity index (χ0n) is 30.7. The number of aromatic amines is 1. The molecule has 0 aliphatic heterocycles. The molecular weight excluding hydrogens is 693 g/mol. The molecule has 0 fully saturated rings. The summed E-state index contributed by atoms with van der Waals surface area (Å²) in [5, 5.41) is 2.92. The molecule has 6 rings (SSSR count). The third-order valence-electron chi connectivity index (χ3n) is 9.48. The van der Waals surface area contributed by atoms with Gasteiger partial charge in [0, 0.05) is 17.5 Å². The van der Waals surface area contributed by atoms with E-state index in [0.717, 1.165) is 22.3 Å². The van der Waals surface area contributed by atoms with Gasteiger partial charge in [0.1, 0.15) is 23.1 Å². The zero-order chi connectivity index (χ0) is 37.9. The maximum atomic E-state index is 14.4. The van der Waals surface area contributed by atoms with Gasteiger partial charge in [0.2, 0.25) is 5.91 Å². The molecule has 0 saturated heterocycles. The predicted octanol–water partition coefficient (Wildman–Crippen LogP) is 8.95. The van der Waals surface area contributed by atoms with Crippen LogP contribution >= 0.6 is 11.8 Å². The topological polar surface area (TPSA) is 104 Å².